The Morgan fingerprint density at radius 3 is 2.90 bits per heavy atom. The van der Waals surface area contributed by atoms with Crippen LogP contribution in [0.5, 0.6) is 0 Å². The molecular weight excluding hydrogens is 258 g/mol. The van der Waals surface area contributed by atoms with Crippen LogP contribution in [-0.4, -0.2) is 32.6 Å². The average Bonchev–Trinajstić information content (AvgIpc) is 2.85. The number of carboxylic acid groups (broad SMARTS) is 1. The van der Waals surface area contributed by atoms with E-state index in [4.69, 9.17) is 10.2 Å². The van der Waals surface area contributed by atoms with Crippen LogP contribution in [-0.2, 0) is 13.1 Å². The van der Waals surface area contributed by atoms with Crippen LogP contribution >= 0.6 is 0 Å². The number of aromatic nitrogens is 2. The van der Waals surface area contributed by atoms with E-state index in [1.54, 1.807) is 29.1 Å². The minimum Gasteiger partial charge on any atom is -0.478 e. The van der Waals surface area contributed by atoms with E-state index in [1.165, 1.54) is 0 Å². The van der Waals surface area contributed by atoms with Gasteiger partial charge in [-0.3, -0.25) is 4.68 Å². The summed E-state index contributed by atoms with van der Waals surface area (Å²) in [4.78, 5) is 10.9. The van der Waals surface area contributed by atoms with Crippen molar-refractivity contribution in [3.8, 4) is 0 Å². The summed E-state index contributed by atoms with van der Waals surface area (Å²) in [7, 11) is 0. The molecule has 1 heterocycles. The molecule has 2 aromatic rings. The molecule has 0 radical (unpaired) electrons. The Balaban J connectivity index is 2.01. The van der Waals surface area contributed by atoms with E-state index in [2.05, 4.69) is 10.4 Å². The molecule has 0 fully saturated rings. The van der Waals surface area contributed by atoms with Gasteiger partial charge in [0.15, 0.2) is 0 Å². The van der Waals surface area contributed by atoms with Crippen LogP contribution in [0.2, 0.25) is 0 Å². The van der Waals surface area contributed by atoms with E-state index in [0.29, 0.717) is 13.1 Å². The Morgan fingerprint density at radius 2 is 2.25 bits per heavy atom. The van der Waals surface area contributed by atoms with E-state index >= 15 is 0 Å². The van der Waals surface area contributed by atoms with Gasteiger partial charge in [-0.2, -0.15) is 5.10 Å². The second kappa shape index (κ2) is 6.21. The third-order valence-electron chi connectivity index (χ3n) is 2.97. The van der Waals surface area contributed by atoms with Gasteiger partial charge in [0, 0.05) is 24.0 Å². The van der Waals surface area contributed by atoms with Crippen molar-refractivity contribution in [3.05, 3.63) is 47.3 Å². The first-order chi connectivity index (χ1) is 9.60. The molecular formula is C14H17N3O3. The number of aliphatic hydroxyl groups excluding tert-OH is 1. The molecule has 0 saturated carbocycles. The molecule has 0 saturated heterocycles. The standard InChI is InChI=1S/C14H17N3O3/c1-10-6-12(14(19)20)2-3-13(10)15-7-11-8-16-17(9-11)4-5-18/h2-3,6,8-9,15,18H,4-5,7H2,1H3,(H,19,20). The molecule has 106 valence electrons. The monoisotopic (exact) mass is 275 g/mol. The molecule has 0 atom stereocenters. The Kier molecular flexibility index (Phi) is 4.37. The highest BCUT2D eigenvalue weighted by Gasteiger charge is 2.06. The molecule has 1 aromatic heterocycles. The number of hydrogen-bond donors (Lipinski definition) is 3. The maximum atomic E-state index is 10.9. The van der Waals surface area contributed by atoms with Gasteiger partial charge >= 0.3 is 5.97 Å². The van der Waals surface area contributed by atoms with Gasteiger partial charge in [0.1, 0.15) is 0 Å². The number of carboxylic acids is 1. The van der Waals surface area contributed by atoms with Crippen LogP contribution in [0, 0.1) is 6.92 Å². The zero-order valence-electron chi connectivity index (χ0n) is 11.2. The minimum absolute atomic E-state index is 0.0598. The van der Waals surface area contributed by atoms with Crippen LogP contribution < -0.4 is 5.32 Å². The van der Waals surface area contributed by atoms with Crippen molar-refractivity contribution in [2.75, 3.05) is 11.9 Å². The Hall–Kier alpha value is -2.34. The molecule has 20 heavy (non-hydrogen) atoms. The van der Waals surface area contributed by atoms with Gasteiger partial charge in [-0.15, -0.1) is 0 Å². The summed E-state index contributed by atoms with van der Waals surface area (Å²) in [5, 5.41) is 25.1. The molecule has 0 amide bonds. The maximum absolute atomic E-state index is 10.9. The maximum Gasteiger partial charge on any atom is 0.335 e. The van der Waals surface area contributed by atoms with Crippen molar-refractivity contribution in [2.24, 2.45) is 0 Å². The predicted molar refractivity (Wildman–Crippen MR) is 74.8 cm³/mol. The van der Waals surface area contributed by atoms with Crippen molar-refractivity contribution in [1.29, 1.82) is 0 Å². The van der Waals surface area contributed by atoms with E-state index in [1.807, 2.05) is 13.1 Å². The summed E-state index contributed by atoms with van der Waals surface area (Å²) in [5.41, 5.74) is 3.06. The number of nitrogens with zero attached hydrogens (tertiary/aromatic N) is 2. The number of nitrogens with one attached hydrogen (secondary N) is 1. The Labute approximate surface area is 116 Å². The lowest BCUT2D eigenvalue weighted by Gasteiger charge is -2.09. The smallest absolute Gasteiger partial charge is 0.335 e. The van der Waals surface area contributed by atoms with Crippen LogP contribution in [0.3, 0.4) is 0 Å². The number of anilines is 1. The predicted octanol–water partition coefficient (Wildman–Crippen LogP) is 1.49. The fourth-order valence-electron chi connectivity index (χ4n) is 1.91. The van der Waals surface area contributed by atoms with E-state index in [9.17, 15) is 4.79 Å². The van der Waals surface area contributed by atoms with Gasteiger partial charge in [0.25, 0.3) is 0 Å². The molecule has 3 N–H and O–H groups in total. The average molecular weight is 275 g/mol. The third-order valence-corrected chi connectivity index (χ3v) is 2.97. The molecule has 2 rings (SSSR count). The number of rotatable bonds is 6. The number of aromatic carboxylic acids is 1. The minimum atomic E-state index is -0.926. The van der Waals surface area contributed by atoms with Crippen LogP contribution in [0.1, 0.15) is 21.5 Å². The lowest BCUT2D eigenvalue weighted by molar-refractivity contribution is 0.0697. The lowest BCUT2D eigenvalue weighted by atomic mass is 10.1. The van der Waals surface area contributed by atoms with Gasteiger partial charge in [-0.25, -0.2) is 4.79 Å². The van der Waals surface area contributed by atoms with Gasteiger partial charge in [-0.05, 0) is 30.7 Å². The number of carbonyl (C=O) groups is 1. The fourth-order valence-corrected chi connectivity index (χ4v) is 1.91. The van der Waals surface area contributed by atoms with Crippen molar-refractivity contribution in [2.45, 2.75) is 20.0 Å². The highest BCUT2D eigenvalue weighted by molar-refractivity contribution is 5.88. The zero-order valence-corrected chi connectivity index (χ0v) is 11.2. The molecule has 0 spiro atoms. The Bertz CT molecular complexity index is 607. The van der Waals surface area contributed by atoms with Gasteiger partial charge in [-0.1, -0.05) is 0 Å². The topological polar surface area (TPSA) is 87.4 Å². The quantitative estimate of drug-likeness (QED) is 0.743. The first-order valence-corrected chi connectivity index (χ1v) is 6.30. The summed E-state index contributed by atoms with van der Waals surface area (Å²) in [6, 6.07) is 4.98. The summed E-state index contributed by atoms with van der Waals surface area (Å²) < 4.78 is 1.68. The fraction of sp³-hybridized carbons (Fsp3) is 0.286. The number of benzene rings is 1. The van der Waals surface area contributed by atoms with E-state index in [0.717, 1.165) is 16.8 Å². The van der Waals surface area contributed by atoms with Crippen molar-refractivity contribution in [3.63, 3.8) is 0 Å². The third kappa shape index (κ3) is 3.36. The first kappa shape index (κ1) is 14.1. The molecule has 0 aliphatic rings. The molecule has 0 bridgehead atoms. The van der Waals surface area contributed by atoms with Crippen molar-refractivity contribution >= 4 is 11.7 Å². The zero-order chi connectivity index (χ0) is 14.5. The van der Waals surface area contributed by atoms with Gasteiger partial charge in [0.2, 0.25) is 0 Å². The SMILES string of the molecule is Cc1cc(C(=O)O)ccc1NCc1cnn(CCO)c1. The van der Waals surface area contributed by atoms with Crippen molar-refractivity contribution in [1.82, 2.24) is 9.78 Å². The summed E-state index contributed by atoms with van der Waals surface area (Å²) >= 11 is 0. The lowest BCUT2D eigenvalue weighted by Crippen LogP contribution is -2.03. The highest BCUT2D eigenvalue weighted by atomic mass is 16.4. The molecule has 0 aliphatic carbocycles. The van der Waals surface area contributed by atoms with Gasteiger partial charge in [0.05, 0.1) is 24.9 Å². The molecule has 6 nitrogen and oxygen atoms in total. The first-order valence-electron chi connectivity index (χ1n) is 6.30. The van der Waals surface area contributed by atoms with E-state index in [-0.39, 0.29) is 12.2 Å². The summed E-state index contributed by atoms with van der Waals surface area (Å²) in [5.74, 6) is -0.926. The second-order valence-corrected chi connectivity index (χ2v) is 4.52. The number of aryl methyl sites for hydroxylation is 1. The molecule has 6 heteroatoms. The van der Waals surface area contributed by atoms with Crippen LogP contribution in [0.25, 0.3) is 0 Å². The normalized spacial score (nSPS) is 10.5. The highest BCUT2D eigenvalue weighted by Crippen LogP contribution is 2.17. The largest absolute Gasteiger partial charge is 0.478 e. The number of aliphatic hydroxyl groups is 1. The molecule has 0 aliphatic heterocycles. The summed E-state index contributed by atoms with van der Waals surface area (Å²) in [6.07, 6.45) is 3.60. The Morgan fingerprint density at radius 1 is 1.45 bits per heavy atom. The molecule has 0 unspecified atom stereocenters. The second-order valence-electron chi connectivity index (χ2n) is 4.52. The van der Waals surface area contributed by atoms with Crippen LogP contribution in [0.4, 0.5) is 5.69 Å². The van der Waals surface area contributed by atoms with E-state index < -0.39 is 5.97 Å². The molecule has 1 aromatic carbocycles. The number of hydrogen-bond acceptors (Lipinski definition) is 4. The van der Waals surface area contributed by atoms with Crippen LogP contribution in [0.15, 0.2) is 30.6 Å². The van der Waals surface area contributed by atoms with Crippen molar-refractivity contribution < 1.29 is 15.0 Å². The summed E-state index contributed by atoms with van der Waals surface area (Å²) in [6.45, 7) is 3.00. The van der Waals surface area contributed by atoms with Gasteiger partial charge < -0.3 is 15.5 Å².